The first-order valence-corrected chi connectivity index (χ1v) is 9.16. The molecule has 1 aromatic heterocycles. The molecule has 4 aromatic rings. The van der Waals surface area contributed by atoms with Gasteiger partial charge in [0.25, 0.3) is 5.89 Å². The van der Waals surface area contributed by atoms with Gasteiger partial charge in [0.1, 0.15) is 18.1 Å². The first kappa shape index (κ1) is 17.8. The molecule has 0 amide bonds. The third-order valence-corrected chi connectivity index (χ3v) is 4.17. The lowest BCUT2D eigenvalue weighted by Gasteiger charge is -2.08. The van der Waals surface area contributed by atoms with Crippen LogP contribution in [0.15, 0.2) is 83.4 Å². The second-order valence-electron chi connectivity index (χ2n) is 6.18. The number of nitrogens with zero attached hydrogens (tertiary/aromatic N) is 2. The zero-order chi connectivity index (χ0) is 19.2. The maximum atomic E-state index is 5.87. The Morgan fingerprint density at radius 1 is 0.786 bits per heavy atom. The summed E-state index contributed by atoms with van der Waals surface area (Å²) in [5, 5.41) is 4.08. The van der Waals surface area contributed by atoms with Gasteiger partial charge in [-0.1, -0.05) is 47.6 Å². The van der Waals surface area contributed by atoms with E-state index in [0.29, 0.717) is 24.9 Å². The number of benzene rings is 3. The number of hydrogen-bond donors (Lipinski definition) is 0. The van der Waals surface area contributed by atoms with E-state index < -0.39 is 0 Å². The number of rotatable bonds is 7. The molecule has 0 aliphatic heterocycles. The summed E-state index contributed by atoms with van der Waals surface area (Å²) in [5.41, 5.74) is 2.81. The molecular formula is C23H20N2O3. The Bertz CT molecular complexity index is 1030. The summed E-state index contributed by atoms with van der Waals surface area (Å²) in [5.74, 6) is 2.69. The monoisotopic (exact) mass is 372 g/mol. The third kappa shape index (κ3) is 4.20. The summed E-state index contributed by atoms with van der Waals surface area (Å²) in [6.07, 6.45) is 0. The quantitative estimate of drug-likeness (QED) is 0.436. The van der Waals surface area contributed by atoms with Gasteiger partial charge < -0.3 is 14.0 Å². The van der Waals surface area contributed by atoms with Gasteiger partial charge >= 0.3 is 0 Å². The standard InChI is InChI=1S/C23H20N2O3/c1-2-26-20-11-13-21(14-12-20)27-16-17-7-6-10-19(15-17)23-24-22(25-28-23)18-8-4-3-5-9-18/h3-15H,2,16H2,1H3. The van der Waals surface area contributed by atoms with Crippen LogP contribution in [-0.2, 0) is 6.61 Å². The molecule has 0 saturated heterocycles. The average Bonchev–Trinajstić information content (AvgIpc) is 3.25. The maximum absolute atomic E-state index is 5.87. The number of ether oxygens (including phenoxy) is 2. The van der Waals surface area contributed by atoms with Crippen LogP contribution in [0.2, 0.25) is 0 Å². The van der Waals surface area contributed by atoms with Gasteiger partial charge in [-0.05, 0) is 48.9 Å². The molecule has 140 valence electrons. The molecule has 0 radical (unpaired) electrons. The second kappa shape index (κ2) is 8.39. The SMILES string of the molecule is CCOc1ccc(OCc2cccc(-c3nc(-c4ccccc4)no3)c2)cc1. The van der Waals surface area contributed by atoms with Crippen LogP contribution >= 0.6 is 0 Å². The Morgan fingerprint density at radius 2 is 1.50 bits per heavy atom. The summed E-state index contributed by atoms with van der Waals surface area (Å²) in [4.78, 5) is 4.50. The van der Waals surface area contributed by atoms with Crippen molar-refractivity contribution in [3.05, 3.63) is 84.4 Å². The minimum absolute atomic E-state index is 0.446. The summed E-state index contributed by atoms with van der Waals surface area (Å²) in [6.45, 7) is 3.06. The average molecular weight is 372 g/mol. The van der Waals surface area contributed by atoms with Crippen LogP contribution in [-0.4, -0.2) is 16.7 Å². The minimum atomic E-state index is 0.446. The van der Waals surface area contributed by atoms with Crippen LogP contribution < -0.4 is 9.47 Å². The Hall–Kier alpha value is -3.60. The lowest BCUT2D eigenvalue weighted by atomic mass is 10.1. The fourth-order valence-electron chi connectivity index (χ4n) is 2.80. The Morgan fingerprint density at radius 3 is 2.25 bits per heavy atom. The summed E-state index contributed by atoms with van der Waals surface area (Å²) < 4.78 is 16.8. The van der Waals surface area contributed by atoms with Crippen LogP contribution in [0.3, 0.4) is 0 Å². The Labute approximate surface area is 163 Å². The van der Waals surface area contributed by atoms with Crippen LogP contribution in [0.1, 0.15) is 12.5 Å². The second-order valence-corrected chi connectivity index (χ2v) is 6.18. The van der Waals surface area contributed by atoms with E-state index >= 15 is 0 Å². The van der Waals surface area contributed by atoms with Gasteiger partial charge in [0, 0.05) is 11.1 Å². The van der Waals surface area contributed by atoms with Gasteiger partial charge in [-0.3, -0.25) is 0 Å². The van der Waals surface area contributed by atoms with E-state index in [1.165, 1.54) is 0 Å². The molecule has 5 nitrogen and oxygen atoms in total. The van der Waals surface area contributed by atoms with E-state index in [9.17, 15) is 0 Å². The Kier molecular flexibility index (Phi) is 5.33. The fraction of sp³-hybridized carbons (Fsp3) is 0.130. The van der Waals surface area contributed by atoms with E-state index in [-0.39, 0.29) is 0 Å². The van der Waals surface area contributed by atoms with Crippen molar-refractivity contribution in [1.29, 1.82) is 0 Å². The first-order valence-electron chi connectivity index (χ1n) is 9.16. The smallest absolute Gasteiger partial charge is 0.258 e. The number of hydrogen-bond acceptors (Lipinski definition) is 5. The Balaban J connectivity index is 1.45. The van der Waals surface area contributed by atoms with Crippen LogP contribution in [0, 0.1) is 0 Å². The lowest BCUT2D eigenvalue weighted by molar-refractivity contribution is 0.304. The molecule has 0 aliphatic rings. The van der Waals surface area contributed by atoms with Crippen molar-refractivity contribution in [1.82, 2.24) is 10.1 Å². The highest BCUT2D eigenvalue weighted by atomic mass is 16.5. The van der Waals surface area contributed by atoms with E-state index in [0.717, 1.165) is 28.2 Å². The summed E-state index contributed by atoms with van der Waals surface area (Å²) >= 11 is 0. The maximum Gasteiger partial charge on any atom is 0.258 e. The molecule has 0 spiro atoms. The zero-order valence-corrected chi connectivity index (χ0v) is 15.5. The first-order chi connectivity index (χ1) is 13.8. The molecule has 0 bridgehead atoms. The van der Waals surface area contributed by atoms with Crippen LogP contribution in [0.4, 0.5) is 0 Å². The van der Waals surface area contributed by atoms with Crippen molar-refractivity contribution in [2.45, 2.75) is 13.5 Å². The lowest BCUT2D eigenvalue weighted by Crippen LogP contribution is -1.96. The molecule has 0 fully saturated rings. The van der Waals surface area contributed by atoms with Crippen molar-refractivity contribution < 1.29 is 14.0 Å². The molecular weight excluding hydrogens is 352 g/mol. The van der Waals surface area contributed by atoms with Gasteiger partial charge in [-0.2, -0.15) is 4.98 Å². The molecule has 28 heavy (non-hydrogen) atoms. The van der Waals surface area contributed by atoms with Crippen molar-refractivity contribution in [2.24, 2.45) is 0 Å². The molecule has 0 unspecified atom stereocenters. The van der Waals surface area contributed by atoms with Gasteiger partial charge in [0.15, 0.2) is 0 Å². The highest BCUT2D eigenvalue weighted by Gasteiger charge is 2.11. The largest absolute Gasteiger partial charge is 0.494 e. The summed E-state index contributed by atoms with van der Waals surface area (Å²) in [7, 11) is 0. The molecule has 1 heterocycles. The van der Waals surface area contributed by atoms with Crippen LogP contribution in [0.25, 0.3) is 22.8 Å². The van der Waals surface area contributed by atoms with Gasteiger partial charge in [0.2, 0.25) is 5.82 Å². The van der Waals surface area contributed by atoms with Crippen molar-refractivity contribution in [3.8, 4) is 34.3 Å². The van der Waals surface area contributed by atoms with Crippen LogP contribution in [0.5, 0.6) is 11.5 Å². The molecule has 0 saturated carbocycles. The topological polar surface area (TPSA) is 57.4 Å². The molecule has 4 rings (SSSR count). The van der Waals surface area contributed by atoms with Gasteiger partial charge in [0.05, 0.1) is 6.61 Å². The zero-order valence-electron chi connectivity index (χ0n) is 15.5. The highest BCUT2D eigenvalue weighted by Crippen LogP contribution is 2.24. The molecule has 0 N–H and O–H groups in total. The predicted octanol–water partition coefficient (Wildman–Crippen LogP) is 5.38. The van der Waals surface area contributed by atoms with Gasteiger partial charge in [-0.15, -0.1) is 0 Å². The van der Waals surface area contributed by atoms with E-state index in [2.05, 4.69) is 10.1 Å². The third-order valence-electron chi connectivity index (χ3n) is 4.17. The molecule has 0 aliphatic carbocycles. The van der Waals surface area contributed by atoms with Gasteiger partial charge in [-0.25, -0.2) is 0 Å². The summed E-state index contributed by atoms with van der Waals surface area (Å²) in [6, 6.07) is 25.3. The van der Waals surface area contributed by atoms with Crippen molar-refractivity contribution in [3.63, 3.8) is 0 Å². The molecule has 0 atom stereocenters. The number of aromatic nitrogens is 2. The fourth-order valence-corrected chi connectivity index (χ4v) is 2.80. The van der Waals surface area contributed by atoms with Crippen molar-refractivity contribution >= 4 is 0 Å². The highest BCUT2D eigenvalue weighted by molar-refractivity contribution is 5.60. The molecule has 3 aromatic carbocycles. The van der Waals surface area contributed by atoms with E-state index in [1.807, 2.05) is 85.8 Å². The van der Waals surface area contributed by atoms with Crippen molar-refractivity contribution in [2.75, 3.05) is 6.61 Å². The van der Waals surface area contributed by atoms with E-state index in [1.54, 1.807) is 0 Å². The predicted molar refractivity (Wildman–Crippen MR) is 107 cm³/mol. The normalized spacial score (nSPS) is 10.6. The molecule has 5 heteroatoms. The minimum Gasteiger partial charge on any atom is -0.494 e. The van der Waals surface area contributed by atoms with E-state index in [4.69, 9.17) is 14.0 Å².